The van der Waals surface area contributed by atoms with Gasteiger partial charge in [0.05, 0.1) is 25.7 Å². The van der Waals surface area contributed by atoms with Gasteiger partial charge < -0.3 is 14.9 Å². The fourth-order valence-electron chi connectivity index (χ4n) is 1.58. The van der Waals surface area contributed by atoms with E-state index in [0.29, 0.717) is 0 Å². The molecule has 1 unspecified atom stereocenters. The Morgan fingerprint density at radius 2 is 2.19 bits per heavy atom. The van der Waals surface area contributed by atoms with Crippen molar-refractivity contribution in [1.29, 1.82) is 0 Å². The molecule has 0 spiro atoms. The summed E-state index contributed by atoms with van der Waals surface area (Å²) in [7, 11) is 1.63. The standard InChI is InChI=1S/C12H12BrNO2/c1-15-11-3-2-9(13)6-10(11)12(14)8-4-5-16-7-8/h2-7,12H,14H2,1H3. The van der Waals surface area contributed by atoms with Crippen molar-refractivity contribution < 1.29 is 9.15 Å². The second-order valence-electron chi connectivity index (χ2n) is 3.42. The summed E-state index contributed by atoms with van der Waals surface area (Å²) in [5, 5.41) is 0. The topological polar surface area (TPSA) is 48.4 Å². The van der Waals surface area contributed by atoms with Gasteiger partial charge in [0, 0.05) is 15.6 Å². The molecule has 0 aliphatic rings. The van der Waals surface area contributed by atoms with E-state index in [-0.39, 0.29) is 6.04 Å². The van der Waals surface area contributed by atoms with Gasteiger partial charge in [0.1, 0.15) is 5.75 Å². The summed E-state index contributed by atoms with van der Waals surface area (Å²) in [5.41, 5.74) is 8.00. The van der Waals surface area contributed by atoms with Crippen LogP contribution in [0, 0.1) is 0 Å². The fraction of sp³-hybridized carbons (Fsp3) is 0.167. The van der Waals surface area contributed by atoms with Crippen LogP contribution in [0.15, 0.2) is 45.7 Å². The summed E-state index contributed by atoms with van der Waals surface area (Å²) in [6, 6.07) is 7.37. The minimum Gasteiger partial charge on any atom is -0.496 e. The van der Waals surface area contributed by atoms with Crippen LogP contribution < -0.4 is 10.5 Å². The first-order chi connectivity index (χ1) is 7.72. The van der Waals surface area contributed by atoms with Gasteiger partial charge in [-0.15, -0.1) is 0 Å². The molecular formula is C12H12BrNO2. The van der Waals surface area contributed by atoms with E-state index in [1.807, 2.05) is 24.3 Å². The molecule has 0 aliphatic heterocycles. The first-order valence-electron chi connectivity index (χ1n) is 4.83. The molecular weight excluding hydrogens is 270 g/mol. The summed E-state index contributed by atoms with van der Waals surface area (Å²) >= 11 is 3.42. The van der Waals surface area contributed by atoms with Crippen LogP contribution in [-0.4, -0.2) is 7.11 Å². The van der Waals surface area contributed by atoms with Gasteiger partial charge >= 0.3 is 0 Å². The minimum atomic E-state index is -0.244. The Hall–Kier alpha value is -1.26. The molecule has 2 N–H and O–H groups in total. The van der Waals surface area contributed by atoms with Gasteiger partial charge in [-0.3, -0.25) is 0 Å². The molecule has 1 aromatic heterocycles. The molecule has 1 heterocycles. The van der Waals surface area contributed by atoms with Crippen LogP contribution in [0.5, 0.6) is 5.75 Å². The van der Waals surface area contributed by atoms with Gasteiger partial charge in [-0.25, -0.2) is 0 Å². The lowest BCUT2D eigenvalue weighted by atomic mass is 10.0. The summed E-state index contributed by atoms with van der Waals surface area (Å²) in [5.74, 6) is 0.775. The minimum absolute atomic E-state index is 0.244. The Balaban J connectivity index is 2.42. The van der Waals surface area contributed by atoms with Crippen molar-refractivity contribution in [3.8, 4) is 5.75 Å². The molecule has 3 nitrogen and oxygen atoms in total. The van der Waals surface area contributed by atoms with Crippen molar-refractivity contribution in [3.05, 3.63) is 52.4 Å². The number of rotatable bonds is 3. The van der Waals surface area contributed by atoms with Gasteiger partial charge in [0.2, 0.25) is 0 Å². The molecule has 2 rings (SSSR count). The highest BCUT2D eigenvalue weighted by molar-refractivity contribution is 9.10. The van der Waals surface area contributed by atoms with Gasteiger partial charge in [-0.1, -0.05) is 15.9 Å². The van der Waals surface area contributed by atoms with Gasteiger partial charge in [0.15, 0.2) is 0 Å². The van der Waals surface area contributed by atoms with Crippen molar-refractivity contribution in [2.24, 2.45) is 5.73 Å². The van der Waals surface area contributed by atoms with Crippen molar-refractivity contribution in [2.75, 3.05) is 7.11 Å². The second kappa shape index (κ2) is 4.72. The molecule has 1 atom stereocenters. The van der Waals surface area contributed by atoms with E-state index in [4.69, 9.17) is 14.9 Å². The van der Waals surface area contributed by atoms with Crippen LogP contribution in [0.4, 0.5) is 0 Å². The monoisotopic (exact) mass is 281 g/mol. The van der Waals surface area contributed by atoms with Crippen molar-refractivity contribution >= 4 is 15.9 Å². The number of hydrogen-bond acceptors (Lipinski definition) is 3. The first kappa shape index (κ1) is 11.2. The van der Waals surface area contributed by atoms with E-state index in [9.17, 15) is 0 Å². The molecule has 0 saturated heterocycles. The summed E-state index contributed by atoms with van der Waals surface area (Å²) in [6.45, 7) is 0. The number of hydrogen-bond donors (Lipinski definition) is 1. The maximum absolute atomic E-state index is 6.15. The van der Waals surface area contributed by atoms with Crippen LogP contribution in [0.25, 0.3) is 0 Å². The summed E-state index contributed by atoms with van der Waals surface area (Å²) in [4.78, 5) is 0. The number of nitrogens with two attached hydrogens (primary N) is 1. The number of ether oxygens (including phenoxy) is 1. The van der Waals surface area contributed by atoms with Crippen LogP contribution in [0.3, 0.4) is 0 Å². The SMILES string of the molecule is COc1ccc(Br)cc1C(N)c1ccoc1. The van der Waals surface area contributed by atoms with Gasteiger partial charge in [-0.2, -0.15) is 0 Å². The van der Waals surface area contributed by atoms with Crippen molar-refractivity contribution in [1.82, 2.24) is 0 Å². The highest BCUT2D eigenvalue weighted by Crippen LogP contribution is 2.30. The molecule has 0 radical (unpaired) electrons. The molecule has 0 fully saturated rings. The highest BCUT2D eigenvalue weighted by atomic mass is 79.9. The van der Waals surface area contributed by atoms with E-state index < -0.39 is 0 Å². The molecule has 2 aromatic rings. The average Bonchev–Trinajstić information content (AvgIpc) is 2.81. The number of halogens is 1. The lowest BCUT2D eigenvalue weighted by molar-refractivity contribution is 0.407. The normalized spacial score (nSPS) is 12.4. The smallest absolute Gasteiger partial charge is 0.124 e. The predicted molar refractivity (Wildman–Crippen MR) is 65.4 cm³/mol. The molecule has 0 aliphatic carbocycles. The van der Waals surface area contributed by atoms with Gasteiger partial charge in [0.25, 0.3) is 0 Å². The third kappa shape index (κ3) is 2.13. The molecule has 0 bridgehead atoms. The zero-order valence-electron chi connectivity index (χ0n) is 8.81. The van der Waals surface area contributed by atoms with E-state index >= 15 is 0 Å². The third-order valence-electron chi connectivity index (χ3n) is 2.43. The zero-order valence-corrected chi connectivity index (χ0v) is 10.4. The zero-order chi connectivity index (χ0) is 11.5. The Bertz CT molecular complexity index is 468. The quantitative estimate of drug-likeness (QED) is 0.941. The maximum atomic E-state index is 6.15. The third-order valence-corrected chi connectivity index (χ3v) is 2.92. The Morgan fingerprint density at radius 1 is 1.38 bits per heavy atom. The van der Waals surface area contributed by atoms with Gasteiger partial charge in [-0.05, 0) is 24.3 Å². The van der Waals surface area contributed by atoms with Crippen LogP contribution in [0.1, 0.15) is 17.2 Å². The Kier molecular flexibility index (Phi) is 3.31. The van der Waals surface area contributed by atoms with Crippen molar-refractivity contribution in [2.45, 2.75) is 6.04 Å². The van der Waals surface area contributed by atoms with E-state index in [2.05, 4.69) is 15.9 Å². The average molecular weight is 282 g/mol. The molecule has 16 heavy (non-hydrogen) atoms. The molecule has 0 saturated carbocycles. The number of methoxy groups -OCH3 is 1. The molecule has 1 aromatic carbocycles. The first-order valence-corrected chi connectivity index (χ1v) is 5.63. The van der Waals surface area contributed by atoms with Crippen LogP contribution >= 0.6 is 15.9 Å². The van der Waals surface area contributed by atoms with E-state index in [1.54, 1.807) is 19.6 Å². The largest absolute Gasteiger partial charge is 0.496 e. The molecule has 84 valence electrons. The maximum Gasteiger partial charge on any atom is 0.124 e. The Labute approximate surface area is 102 Å². The van der Waals surface area contributed by atoms with E-state index in [0.717, 1.165) is 21.3 Å². The fourth-order valence-corrected chi connectivity index (χ4v) is 1.96. The lowest BCUT2D eigenvalue weighted by Gasteiger charge is -2.14. The lowest BCUT2D eigenvalue weighted by Crippen LogP contribution is -2.12. The Morgan fingerprint density at radius 3 is 2.81 bits per heavy atom. The molecule has 4 heteroatoms. The number of furan rings is 1. The predicted octanol–water partition coefficient (Wildman–Crippen LogP) is 3.10. The second-order valence-corrected chi connectivity index (χ2v) is 4.34. The van der Waals surface area contributed by atoms with Crippen LogP contribution in [-0.2, 0) is 0 Å². The summed E-state index contributed by atoms with van der Waals surface area (Å²) in [6.07, 6.45) is 3.25. The number of benzene rings is 1. The van der Waals surface area contributed by atoms with E-state index in [1.165, 1.54) is 0 Å². The van der Waals surface area contributed by atoms with Crippen molar-refractivity contribution in [3.63, 3.8) is 0 Å². The molecule has 0 amide bonds. The summed E-state index contributed by atoms with van der Waals surface area (Å²) < 4.78 is 11.3. The highest BCUT2D eigenvalue weighted by Gasteiger charge is 2.15. The van der Waals surface area contributed by atoms with Crippen LogP contribution in [0.2, 0.25) is 0 Å².